The molecule has 13 aromatic heterocycles. The molecule has 0 amide bonds. The number of aromatic nitrogens is 18. The third-order valence-corrected chi connectivity index (χ3v) is 15.9. The first-order valence-corrected chi connectivity index (χ1v) is 30.2. The zero-order valence-electron chi connectivity index (χ0n) is 50.4. The number of amidine groups is 1. The highest BCUT2D eigenvalue weighted by Crippen LogP contribution is 2.32. The Morgan fingerprint density at radius 3 is 1.72 bits per heavy atom. The fourth-order valence-corrected chi connectivity index (χ4v) is 11.4. The van der Waals surface area contributed by atoms with Crippen molar-refractivity contribution in [3.05, 3.63) is 194 Å². The molecule has 0 radical (unpaired) electrons. The standard InChI is InChI=1S/C17H18N6O.C17H12N6O.C16H13N7O.C14H14N6O/c1-2-5-12(4-1)7-8-22-16-13(10-19-22)17-20-15(14-6-3-9-24-14)21-23(17)11-18-16;1-2-5-12(6-3-1)9-22-10-13-15(20-22)18-11-23-17(13)19-16(21-23)14-7-4-8-24-14;1-2-5-12(6-3-1)9-21-10-18-16-14-15(17-11-22(16)21)20-23(19-14)13-7-4-8-24-13;1-14(2,3)20-12-9(7-16-20)13-17-11(10-5-4-6-21-10)18-19(13)8-15-12/h3,6,9-12H,1-2,4-5,7-8H2;1-8,10-11H,9H2;1-8,10-11,19H,9H2;4-8H,1-3H3. The summed E-state index contributed by atoms with van der Waals surface area (Å²) in [6.07, 6.45) is 27.1. The van der Waals surface area contributed by atoms with Crippen molar-refractivity contribution < 1.29 is 17.7 Å². The van der Waals surface area contributed by atoms with Crippen LogP contribution in [0.1, 0.15) is 64.0 Å². The minimum atomic E-state index is -0.142. The van der Waals surface area contributed by atoms with Crippen LogP contribution in [0.3, 0.4) is 0 Å². The van der Waals surface area contributed by atoms with Gasteiger partial charge >= 0.3 is 0 Å². The number of aryl methyl sites for hydroxylation is 1. The zero-order chi connectivity index (χ0) is 62.4. The summed E-state index contributed by atoms with van der Waals surface area (Å²) in [7, 11) is 0. The molecule has 0 bridgehead atoms. The van der Waals surface area contributed by atoms with Crippen LogP contribution in [-0.2, 0) is 25.2 Å². The van der Waals surface area contributed by atoms with Crippen LogP contribution in [0.5, 0.6) is 0 Å². The molecule has 29 heteroatoms. The van der Waals surface area contributed by atoms with Gasteiger partial charge < -0.3 is 17.7 Å². The van der Waals surface area contributed by atoms with Crippen LogP contribution in [-0.4, -0.2) is 117 Å². The van der Waals surface area contributed by atoms with Gasteiger partial charge in [0, 0.05) is 18.8 Å². The molecule has 1 N–H and O–H groups in total. The van der Waals surface area contributed by atoms with Gasteiger partial charge in [-0.15, -0.1) is 25.5 Å². The van der Waals surface area contributed by atoms with E-state index in [0.29, 0.717) is 70.9 Å². The molecule has 16 heterocycles. The predicted octanol–water partition coefficient (Wildman–Crippen LogP) is 10.5. The summed E-state index contributed by atoms with van der Waals surface area (Å²) in [6, 6.07) is 35.0. The summed E-state index contributed by atoms with van der Waals surface area (Å²) in [4.78, 5) is 36.0. The van der Waals surface area contributed by atoms with E-state index in [1.165, 1.54) is 43.2 Å². The van der Waals surface area contributed by atoms with Gasteiger partial charge in [-0.25, -0.2) is 67.8 Å². The number of hydrazone groups is 1. The van der Waals surface area contributed by atoms with Crippen molar-refractivity contribution in [3.63, 3.8) is 0 Å². The van der Waals surface area contributed by atoms with Crippen molar-refractivity contribution in [1.29, 1.82) is 0 Å². The van der Waals surface area contributed by atoms with Crippen molar-refractivity contribution in [1.82, 2.24) is 104 Å². The smallest absolute Gasteiger partial charge is 0.235 e. The van der Waals surface area contributed by atoms with Crippen LogP contribution in [0.4, 0.5) is 5.88 Å². The lowest BCUT2D eigenvalue weighted by Crippen LogP contribution is -2.39. The number of aliphatic imine (C=N–C) groups is 2. The number of nitrogens with one attached hydrogen (secondary N) is 1. The summed E-state index contributed by atoms with van der Waals surface area (Å²) < 4.78 is 32.2. The van der Waals surface area contributed by atoms with Gasteiger partial charge in [-0.05, 0) is 86.7 Å². The molecule has 0 spiro atoms. The number of benzene rings is 2. The Labute approximate surface area is 526 Å². The number of rotatable bonds is 11. The number of furan rings is 4. The Balaban J connectivity index is 0.0000000985. The van der Waals surface area contributed by atoms with Gasteiger partial charge in [0.25, 0.3) is 0 Å². The van der Waals surface area contributed by atoms with Crippen LogP contribution in [0.2, 0.25) is 0 Å². The van der Waals surface area contributed by atoms with Crippen molar-refractivity contribution in [2.24, 2.45) is 21.0 Å². The van der Waals surface area contributed by atoms with Crippen molar-refractivity contribution in [2.75, 3.05) is 5.12 Å². The SMILES string of the molecule is C1=NC2=NN(c3ccco3)NC2=C2N=CN(Cc3ccccc3)N12.CC(C)(C)n1ncc2c1ncn1nc(-c3ccco3)nc21.c1ccc(Cn2cc3c(ncn4nc(-c5ccco5)nc34)n2)cc1.c1coc(-c2nc3c4cnn(CCC5CCCC5)c4ncn3n2)c1. The number of hydrogen-bond donors (Lipinski definition) is 1. The third kappa shape index (κ3) is 11.0. The molecule has 1 saturated carbocycles. The minimum absolute atomic E-state index is 0.142. The van der Waals surface area contributed by atoms with Gasteiger partial charge in [0.05, 0.1) is 72.2 Å². The fourth-order valence-electron chi connectivity index (χ4n) is 11.4. The van der Waals surface area contributed by atoms with Gasteiger partial charge in [-0.3, -0.25) is 15.1 Å². The first kappa shape index (κ1) is 55.9. The van der Waals surface area contributed by atoms with Gasteiger partial charge in [0.1, 0.15) is 37.4 Å². The van der Waals surface area contributed by atoms with Gasteiger partial charge in [0.2, 0.25) is 29.2 Å². The lowest BCUT2D eigenvalue weighted by molar-refractivity contribution is 0.196. The Hall–Kier alpha value is -12.4. The van der Waals surface area contributed by atoms with E-state index in [-0.39, 0.29) is 5.54 Å². The van der Waals surface area contributed by atoms with Crippen molar-refractivity contribution in [2.45, 2.75) is 78.0 Å². The molecular formula is C64H57N25O4. The third-order valence-electron chi connectivity index (χ3n) is 15.9. The van der Waals surface area contributed by atoms with Crippen LogP contribution < -0.4 is 10.5 Å². The highest BCUT2D eigenvalue weighted by Gasteiger charge is 2.35. The highest BCUT2D eigenvalue weighted by molar-refractivity contribution is 6.07. The van der Waals surface area contributed by atoms with E-state index in [2.05, 4.69) is 126 Å². The number of hydrazine groups is 2. The largest absolute Gasteiger partial charge is 0.461 e. The van der Waals surface area contributed by atoms with E-state index in [0.717, 1.165) is 62.7 Å². The van der Waals surface area contributed by atoms with E-state index in [1.807, 2.05) is 121 Å². The molecule has 3 aliphatic heterocycles. The van der Waals surface area contributed by atoms with Gasteiger partial charge in [-0.2, -0.15) is 15.3 Å². The molecule has 0 unspecified atom stereocenters. The van der Waals surface area contributed by atoms with Crippen LogP contribution in [0.15, 0.2) is 216 Å². The molecule has 462 valence electrons. The number of hydrogen-bond acceptors (Lipinski definition) is 23. The lowest BCUT2D eigenvalue weighted by atomic mass is 10.0. The molecule has 0 atom stereocenters. The van der Waals surface area contributed by atoms with E-state index in [4.69, 9.17) is 17.7 Å². The average Bonchev–Trinajstić information content (AvgIpc) is 1.72. The molecule has 1 fully saturated rings. The maximum absolute atomic E-state index is 5.38. The Bertz CT molecular complexity index is 5210. The van der Waals surface area contributed by atoms with E-state index < -0.39 is 0 Å². The molecule has 29 nitrogen and oxygen atoms in total. The van der Waals surface area contributed by atoms with Crippen LogP contribution in [0, 0.1) is 5.92 Å². The summed E-state index contributed by atoms with van der Waals surface area (Å²) in [5.41, 5.74) is 10.7. The van der Waals surface area contributed by atoms with Crippen molar-refractivity contribution >= 4 is 74.4 Å². The van der Waals surface area contributed by atoms with E-state index >= 15 is 0 Å². The topological polar surface area (TPSA) is 294 Å². The first-order valence-electron chi connectivity index (χ1n) is 30.2. The van der Waals surface area contributed by atoms with Gasteiger partial charge in [-0.1, -0.05) is 86.3 Å². The monoisotopic (exact) mass is 1240 g/mol. The number of nitrogens with zero attached hydrogens (tertiary/aromatic N) is 24. The minimum Gasteiger partial charge on any atom is -0.461 e. The Morgan fingerprint density at radius 2 is 1.12 bits per heavy atom. The van der Waals surface area contributed by atoms with Crippen LogP contribution >= 0.6 is 0 Å². The quantitative estimate of drug-likeness (QED) is 0.126. The second kappa shape index (κ2) is 23.5. The first-order chi connectivity index (χ1) is 45.7. The molecule has 19 rings (SSSR count). The molecule has 4 aliphatic rings. The fraction of sp³-hybridized carbons (Fsp3) is 0.203. The second-order valence-corrected chi connectivity index (χ2v) is 23.2. The summed E-state index contributed by atoms with van der Waals surface area (Å²) in [5.74, 6) is 6.32. The van der Waals surface area contributed by atoms with Crippen molar-refractivity contribution in [3.8, 4) is 34.8 Å². The maximum atomic E-state index is 5.38. The second-order valence-electron chi connectivity index (χ2n) is 23.2. The lowest BCUT2D eigenvalue weighted by Gasteiger charge is -2.28. The summed E-state index contributed by atoms with van der Waals surface area (Å²) in [6.45, 7) is 8.57. The van der Waals surface area contributed by atoms with E-state index in [1.54, 1.807) is 81.6 Å². The summed E-state index contributed by atoms with van der Waals surface area (Å²) in [5, 5.41) is 39.2. The molecule has 1 aliphatic carbocycles. The van der Waals surface area contributed by atoms with E-state index in [9.17, 15) is 0 Å². The highest BCUT2D eigenvalue weighted by atomic mass is 16.4. The normalized spacial score (nSPS) is 14.5. The molecule has 2 aromatic carbocycles. The molecule has 15 aromatic rings. The molecule has 93 heavy (non-hydrogen) atoms. The van der Waals surface area contributed by atoms with Crippen LogP contribution in [0.25, 0.3) is 84.8 Å². The zero-order valence-corrected chi connectivity index (χ0v) is 50.4. The number of anilines is 1. The predicted molar refractivity (Wildman–Crippen MR) is 342 cm³/mol. The number of fused-ring (bicyclic) bond motifs is 11. The average molecular weight is 1240 g/mol. The Kier molecular flexibility index (Phi) is 14.1. The Morgan fingerprint density at radius 1 is 0.548 bits per heavy atom. The molecule has 0 saturated heterocycles. The maximum Gasteiger partial charge on any atom is 0.235 e. The summed E-state index contributed by atoms with van der Waals surface area (Å²) >= 11 is 0. The molecular weight excluding hydrogens is 1180 g/mol. The van der Waals surface area contributed by atoms with Gasteiger partial charge in [0.15, 0.2) is 57.0 Å².